The maximum atomic E-state index is 11.5. The van der Waals surface area contributed by atoms with Crippen molar-refractivity contribution in [2.75, 3.05) is 17.2 Å². The molecule has 9 heteroatoms. The number of nitrogens with zero attached hydrogens (tertiary/aromatic N) is 2. The average molecular weight is 360 g/mol. The number of aromatic amines is 1. The molecular weight excluding hydrogens is 340 g/mol. The van der Waals surface area contributed by atoms with Crippen LogP contribution in [0, 0.1) is 5.92 Å². The summed E-state index contributed by atoms with van der Waals surface area (Å²) in [5.74, 6) is 1.53. The first-order valence-electron chi connectivity index (χ1n) is 7.82. The van der Waals surface area contributed by atoms with Gasteiger partial charge in [0.05, 0.1) is 10.3 Å². The van der Waals surface area contributed by atoms with E-state index in [2.05, 4.69) is 39.4 Å². The van der Waals surface area contributed by atoms with Crippen molar-refractivity contribution in [2.45, 2.75) is 18.7 Å². The molecule has 0 saturated carbocycles. The highest BCUT2D eigenvalue weighted by atomic mass is 32.2. The van der Waals surface area contributed by atoms with Gasteiger partial charge >= 0.3 is 0 Å². The molecule has 0 amide bonds. The highest BCUT2D eigenvalue weighted by molar-refractivity contribution is 7.89. The van der Waals surface area contributed by atoms with Gasteiger partial charge in [0.15, 0.2) is 0 Å². The second-order valence-corrected chi connectivity index (χ2v) is 7.67. The Kier molecular flexibility index (Phi) is 4.60. The van der Waals surface area contributed by atoms with Gasteiger partial charge in [0.2, 0.25) is 16.0 Å². The van der Waals surface area contributed by atoms with Crippen molar-refractivity contribution in [3.8, 4) is 0 Å². The van der Waals surface area contributed by atoms with Gasteiger partial charge in [0.25, 0.3) is 0 Å². The van der Waals surface area contributed by atoms with E-state index in [-0.39, 0.29) is 4.90 Å². The summed E-state index contributed by atoms with van der Waals surface area (Å²) in [7, 11) is -3.77. The van der Waals surface area contributed by atoms with E-state index in [1.165, 1.54) is 12.1 Å². The third kappa shape index (κ3) is 4.06. The van der Waals surface area contributed by atoms with Crippen LogP contribution in [0.15, 0.2) is 41.4 Å². The van der Waals surface area contributed by atoms with Gasteiger partial charge in [-0.05, 0) is 30.2 Å². The number of sulfonamides is 1. The first kappa shape index (κ1) is 17.2. The molecule has 2 aromatic heterocycles. The van der Waals surface area contributed by atoms with Crippen LogP contribution in [0.4, 0.5) is 17.5 Å². The molecule has 8 nitrogen and oxygen atoms in total. The third-order valence-electron chi connectivity index (χ3n) is 3.51. The van der Waals surface area contributed by atoms with Crippen molar-refractivity contribution in [2.24, 2.45) is 11.1 Å². The zero-order valence-corrected chi connectivity index (χ0v) is 14.8. The van der Waals surface area contributed by atoms with Crippen LogP contribution in [0.25, 0.3) is 11.0 Å². The fourth-order valence-corrected chi connectivity index (χ4v) is 2.87. The number of hydrogen-bond acceptors (Lipinski definition) is 6. The van der Waals surface area contributed by atoms with Gasteiger partial charge in [0.1, 0.15) is 11.5 Å². The third-order valence-corrected chi connectivity index (χ3v) is 4.42. The number of rotatable bonds is 6. The Hall–Kier alpha value is -2.65. The minimum absolute atomic E-state index is 0.0246. The minimum atomic E-state index is -3.77. The number of fused-ring (bicyclic) bond motifs is 1. The van der Waals surface area contributed by atoms with Crippen molar-refractivity contribution in [3.05, 3.63) is 36.5 Å². The van der Waals surface area contributed by atoms with Crippen molar-refractivity contribution < 1.29 is 8.42 Å². The molecule has 0 saturated heterocycles. The van der Waals surface area contributed by atoms with Gasteiger partial charge in [-0.15, -0.1) is 0 Å². The number of aromatic nitrogens is 3. The number of primary sulfonamides is 1. The molecule has 3 aromatic rings. The van der Waals surface area contributed by atoms with Crippen LogP contribution < -0.4 is 15.8 Å². The van der Waals surface area contributed by atoms with Gasteiger partial charge in [-0.25, -0.2) is 13.6 Å². The summed E-state index contributed by atoms with van der Waals surface area (Å²) >= 11 is 0. The molecule has 0 unspecified atom stereocenters. The lowest BCUT2D eigenvalue weighted by molar-refractivity contribution is 0.598. The Morgan fingerprint density at radius 3 is 2.76 bits per heavy atom. The smallest absolute Gasteiger partial charge is 0.238 e. The zero-order chi connectivity index (χ0) is 18.0. The standard InChI is InChI=1S/C16H20N6O2S/c1-10(2)9-19-15-13-6-7-18-14(13)21-16(22-15)20-11-4-3-5-12(8-11)25(17,23)24/h3-8,10H,9H2,1-2H3,(H2,17,23,24)(H3,18,19,20,21,22). The molecule has 0 aliphatic heterocycles. The molecule has 2 heterocycles. The number of nitrogens with two attached hydrogens (primary N) is 1. The summed E-state index contributed by atoms with van der Waals surface area (Å²) in [4.78, 5) is 12.0. The van der Waals surface area contributed by atoms with Crippen LogP contribution in [0.3, 0.4) is 0 Å². The summed E-state index contributed by atoms with van der Waals surface area (Å²) < 4.78 is 23.0. The molecule has 132 valence electrons. The van der Waals surface area contributed by atoms with E-state index in [1.54, 1.807) is 18.3 Å². The average Bonchev–Trinajstić information content (AvgIpc) is 3.00. The van der Waals surface area contributed by atoms with Gasteiger partial charge < -0.3 is 15.6 Å². The first-order valence-corrected chi connectivity index (χ1v) is 9.36. The number of H-pyrrole nitrogens is 1. The molecule has 25 heavy (non-hydrogen) atoms. The van der Waals surface area contributed by atoms with Crippen LogP contribution in [0.1, 0.15) is 13.8 Å². The number of benzene rings is 1. The summed E-state index contributed by atoms with van der Waals surface area (Å²) in [5, 5.41) is 12.4. The van der Waals surface area contributed by atoms with Crippen molar-refractivity contribution in [1.29, 1.82) is 0 Å². The monoisotopic (exact) mass is 360 g/mol. The van der Waals surface area contributed by atoms with Gasteiger partial charge in [-0.1, -0.05) is 19.9 Å². The molecule has 5 N–H and O–H groups in total. The molecule has 0 radical (unpaired) electrons. The number of anilines is 3. The highest BCUT2D eigenvalue weighted by Crippen LogP contribution is 2.24. The van der Waals surface area contributed by atoms with E-state index in [0.717, 1.165) is 11.9 Å². The lowest BCUT2D eigenvalue weighted by Gasteiger charge is -2.12. The number of hydrogen-bond donors (Lipinski definition) is 4. The Morgan fingerprint density at radius 2 is 2.04 bits per heavy atom. The topological polar surface area (TPSA) is 126 Å². The Labute approximate surface area is 145 Å². The summed E-state index contributed by atoms with van der Waals surface area (Å²) in [6, 6.07) is 8.11. The lowest BCUT2D eigenvalue weighted by Crippen LogP contribution is -2.12. The molecule has 0 bridgehead atoms. The predicted octanol–water partition coefficient (Wildman–Crippen LogP) is 2.42. The molecule has 3 rings (SSSR count). The molecule has 0 aliphatic rings. The summed E-state index contributed by atoms with van der Waals surface area (Å²) in [6.07, 6.45) is 1.80. The van der Waals surface area contributed by atoms with Crippen molar-refractivity contribution in [1.82, 2.24) is 15.0 Å². The lowest BCUT2D eigenvalue weighted by atomic mass is 10.2. The van der Waals surface area contributed by atoms with Gasteiger partial charge in [0, 0.05) is 18.4 Å². The van der Waals surface area contributed by atoms with Gasteiger partial charge in [-0.2, -0.15) is 9.97 Å². The fourth-order valence-electron chi connectivity index (χ4n) is 2.31. The molecule has 0 aliphatic carbocycles. The second-order valence-electron chi connectivity index (χ2n) is 6.11. The zero-order valence-electron chi connectivity index (χ0n) is 13.9. The molecular formula is C16H20N6O2S. The molecule has 0 spiro atoms. The Balaban J connectivity index is 1.94. The van der Waals surface area contributed by atoms with Crippen LogP contribution in [0.5, 0.6) is 0 Å². The van der Waals surface area contributed by atoms with E-state index in [4.69, 9.17) is 5.14 Å². The Bertz CT molecular complexity index is 997. The normalized spacial score (nSPS) is 11.8. The van der Waals surface area contributed by atoms with E-state index < -0.39 is 10.0 Å². The summed E-state index contributed by atoms with van der Waals surface area (Å²) in [6.45, 7) is 5.00. The van der Waals surface area contributed by atoms with Crippen LogP contribution >= 0.6 is 0 Å². The molecule has 0 fully saturated rings. The summed E-state index contributed by atoms with van der Waals surface area (Å²) in [5.41, 5.74) is 1.22. The minimum Gasteiger partial charge on any atom is -0.369 e. The SMILES string of the molecule is CC(C)CNc1nc(Nc2cccc(S(N)(=O)=O)c2)nc2[nH]ccc12. The maximum Gasteiger partial charge on any atom is 0.238 e. The second kappa shape index (κ2) is 6.69. The number of nitrogens with one attached hydrogen (secondary N) is 3. The van der Waals surface area contributed by atoms with Crippen LogP contribution in [-0.2, 0) is 10.0 Å². The molecule has 0 atom stereocenters. The van der Waals surface area contributed by atoms with E-state index in [0.29, 0.717) is 29.0 Å². The molecule has 1 aromatic carbocycles. The van der Waals surface area contributed by atoms with E-state index in [9.17, 15) is 8.42 Å². The van der Waals surface area contributed by atoms with Gasteiger partial charge in [-0.3, -0.25) is 0 Å². The van der Waals surface area contributed by atoms with Crippen molar-refractivity contribution in [3.63, 3.8) is 0 Å². The van der Waals surface area contributed by atoms with E-state index >= 15 is 0 Å². The quantitative estimate of drug-likeness (QED) is 0.535. The van der Waals surface area contributed by atoms with Crippen LogP contribution in [-0.4, -0.2) is 29.9 Å². The maximum absolute atomic E-state index is 11.5. The fraction of sp³-hybridized carbons (Fsp3) is 0.250. The van der Waals surface area contributed by atoms with E-state index in [1.807, 2.05) is 6.07 Å². The van der Waals surface area contributed by atoms with Crippen molar-refractivity contribution >= 4 is 38.5 Å². The largest absolute Gasteiger partial charge is 0.369 e. The Morgan fingerprint density at radius 1 is 1.24 bits per heavy atom. The highest BCUT2D eigenvalue weighted by Gasteiger charge is 2.11. The first-order chi connectivity index (χ1) is 11.8. The predicted molar refractivity (Wildman–Crippen MR) is 98.3 cm³/mol. The van der Waals surface area contributed by atoms with Crippen LogP contribution in [0.2, 0.25) is 0 Å².